The Balaban J connectivity index is 2.88. The Labute approximate surface area is 84.2 Å². The van der Waals surface area contributed by atoms with Crippen molar-refractivity contribution in [1.82, 2.24) is 4.98 Å². The number of nitrogens with zero attached hydrogens (tertiary/aromatic N) is 1. The molecule has 0 aromatic carbocycles. The molecule has 0 spiro atoms. The lowest BCUT2D eigenvalue weighted by Crippen LogP contribution is -1.89. The molecule has 1 heterocycles. The zero-order valence-electron chi connectivity index (χ0n) is 6.38. The lowest BCUT2D eigenvalue weighted by Gasteiger charge is -1.91. The molecule has 1 aromatic heterocycles. The summed E-state index contributed by atoms with van der Waals surface area (Å²) >= 11 is 3.13. The van der Waals surface area contributed by atoms with Crippen LogP contribution < -0.4 is 0 Å². The summed E-state index contributed by atoms with van der Waals surface area (Å²) in [7, 11) is -4.05. The van der Waals surface area contributed by atoms with Gasteiger partial charge in [0.15, 0.2) is 0 Å². The van der Waals surface area contributed by atoms with Crippen molar-refractivity contribution in [3.63, 3.8) is 0 Å². The smallest absolute Gasteiger partial charge is 0.282 e. The van der Waals surface area contributed by atoms with Gasteiger partial charge in [0.05, 0.1) is 5.41 Å². The highest BCUT2D eigenvalue weighted by molar-refractivity contribution is 9.10. The summed E-state index contributed by atoms with van der Waals surface area (Å²) in [6.45, 7) is 0. The molecule has 0 aliphatic rings. The van der Waals surface area contributed by atoms with Crippen LogP contribution in [0.4, 0.5) is 0 Å². The lowest BCUT2D eigenvalue weighted by atomic mass is 10.3. The Bertz CT molecular complexity index is 410. The Kier molecular flexibility index (Phi) is 3.18. The third-order valence-corrected chi connectivity index (χ3v) is 2.13. The van der Waals surface area contributed by atoms with Crippen molar-refractivity contribution in [2.24, 2.45) is 0 Å². The van der Waals surface area contributed by atoms with Crippen LogP contribution in [0.5, 0.6) is 0 Å². The molecule has 0 amide bonds. The normalized spacial score (nSPS) is 12.2. The van der Waals surface area contributed by atoms with E-state index in [4.69, 9.17) is 4.55 Å². The van der Waals surface area contributed by atoms with E-state index in [1.54, 1.807) is 12.1 Å². The summed E-state index contributed by atoms with van der Waals surface area (Å²) in [5.74, 6) is 0. The molecule has 0 saturated carbocycles. The first kappa shape index (κ1) is 10.4. The van der Waals surface area contributed by atoms with Crippen LogP contribution in [-0.4, -0.2) is 18.0 Å². The van der Waals surface area contributed by atoms with E-state index < -0.39 is 10.1 Å². The zero-order valence-corrected chi connectivity index (χ0v) is 8.79. The maximum Gasteiger partial charge on any atom is 0.287 e. The maximum absolute atomic E-state index is 10.3. The Morgan fingerprint density at radius 2 is 2.15 bits per heavy atom. The van der Waals surface area contributed by atoms with Crippen LogP contribution in [0.3, 0.4) is 0 Å². The number of hydrogen-bond acceptors (Lipinski definition) is 3. The number of pyridine rings is 1. The summed E-state index contributed by atoms with van der Waals surface area (Å²) < 4.78 is 29.7. The molecule has 0 bridgehead atoms. The molecule has 13 heavy (non-hydrogen) atoms. The molecule has 1 N–H and O–H groups in total. The molecule has 0 aliphatic heterocycles. The largest absolute Gasteiger partial charge is 0.287 e. The van der Waals surface area contributed by atoms with Crippen LogP contribution in [0.1, 0.15) is 5.56 Å². The standard InChI is InChI=1S/C7H6BrNO3S/c8-7-2-1-6(5-9-7)3-4-13(10,11)12/h1-5H,(H,10,11,12). The molecule has 1 aromatic rings. The minimum absolute atomic E-state index is 0.598. The van der Waals surface area contributed by atoms with Gasteiger partial charge in [-0.25, -0.2) is 4.98 Å². The molecule has 0 fully saturated rings. The first-order valence-electron chi connectivity index (χ1n) is 3.24. The second-order valence-corrected chi connectivity index (χ2v) is 4.35. The third kappa shape index (κ3) is 4.16. The highest BCUT2D eigenvalue weighted by Crippen LogP contribution is 2.07. The molecule has 0 unspecified atom stereocenters. The number of halogens is 1. The molecular formula is C7H6BrNO3S. The monoisotopic (exact) mass is 263 g/mol. The maximum atomic E-state index is 10.3. The minimum atomic E-state index is -4.05. The zero-order chi connectivity index (χ0) is 9.90. The van der Waals surface area contributed by atoms with Gasteiger partial charge in [0.1, 0.15) is 4.60 Å². The molecule has 0 saturated heterocycles. The molecule has 70 valence electrons. The van der Waals surface area contributed by atoms with Gasteiger partial charge in [-0.15, -0.1) is 0 Å². The molecule has 0 aliphatic carbocycles. The minimum Gasteiger partial charge on any atom is -0.282 e. The first-order chi connectivity index (χ1) is 5.97. The lowest BCUT2D eigenvalue weighted by molar-refractivity contribution is 0.494. The van der Waals surface area contributed by atoms with Crippen molar-refractivity contribution < 1.29 is 13.0 Å². The van der Waals surface area contributed by atoms with E-state index in [1.165, 1.54) is 12.3 Å². The van der Waals surface area contributed by atoms with Gasteiger partial charge in [-0.3, -0.25) is 4.55 Å². The Hall–Kier alpha value is -0.720. The Morgan fingerprint density at radius 1 is 1.46 bits per heavy atom. The predicted molar refractivity (Wildman–Crippen MR) is 52.5 cm³/mol. The number of hydrogen-bond donors (Lipinski definition) is 1. The number of aromatic nitrogens is 1. The van der Waals surface area contributed by atoms with Crippen LogP contribution in [0.25, 0.3) is 6.08 Å². The number of rotatable bonds is 2. The van der Waals surface area contributed by atoms with Crippen LogP contribution in [0.15, 0.2) is 28.3 Å². The summed E-state index contributed by atoms with van der Waals surface area (Å²) in [6, 6.07) is 3.34. The average Bonchev–Trinajstić information content (AvgIpc) is 2.02. The van der Waals surface area contributed by atoms with Crippen molar-refractivity contribution in [3.8, 4) is 0 Å². The van der Waals surface area contributed by atoms with Gasteiger partial charge >= 0.3 is 0 Å². The quantitative estimate of drug-likeness (QED) is 0.652. The topological polar surface area (TPSA) is 67.3 Å². The first-order valence-corrected chi connectivity index (χ1v) is 5.54. The van der Waals surface area contributed by atoms with Gasteiger partial charge in [0.2, 0.25) is 0 Å². The highest BCUT2D eigenvalue weighted by Gasteiger charge is 1.95. The highest BCUT2D eigenvalue weighted by atomic mass is 79.9. The van der Waals surface area contributed by atoms with Gasteiger partial charge in [0, 0.05) is 6.20 Å². The van der Waals surface area contributed by atoms with Gasteiger partial charge < -0.3 is 0 Å². The Morgan fingerprint density at radius 3 is 2.62 bits per heavy atom. The van der Waals surface area contributed by atoms with E-state index in [0.717, 1.165) is 0 Å². The summed E-state index contributed by atoms with van der Waals surface area (Å²) in [4.78, 5) is 3.87. The third-order valence-electron chi connectivity index (χ3n) is 1.18. The molecule has 6 heteroatoms. The summed E-state index contributed by atoms with van der Waals surface area (Å²) in [6.07, 6.45) is 2.74. The SMILES string of the molecule is O=S(=O)(O)C=Cc1ccc(Br)nc1. The van der Waals surface area contributed by atoms with Gasteiger partial charge in [0.25, 0.3) is 10.1 Å². The van der Waals surface area contributed by atoms with Crippen molar-refractivity contribution in [3.05, 3.63) is 33.9 Å². The van der Waals surface area contributed by atoms with E-state index in [1.807, 2.05) is 0 Å². The van der Waals surface area contributed by atoms with Crippen molar-refractivity contribution in [1.29, 1.82) is 0 Å². The summed E-state index contributed by atoms with van der Waals surface area (Å²) in [5, 5.41) is 0.706. The van der Waals surface area contributed by atoms with Crippen LogP contribution in [0, 0.1) is 0 Å². The summed E-state index contributed by atoms with van der Waals surface area (Å²) in [5.41, 5.74) is 0.598. The van der Waals surface area contributed by atoms with Gasteiger partial charge in [-0.2, -0.15) is 8.42 Å². The fraction of sp³-hybridized carbons (Fsp3) is 0. The van der Waals surface area contributed by atoms with Crippen LogP contribution >= 0.6 is 15.9 Å². The molecule has 4 nitrogen and oxygen atoms in total. The second kappa shape index (κ2) is 3.99. The van der Waals surface area contributed by atoms with Crippen molar-refractivity contribution in [2.75, 3.05) is 0 Å². The fourth-order valence-corrected chi connectivity index (χ4v) is 1.21. The fourth-order valence-electron chi connectivity index (χ4n) is 0.650. The van der Waals surface area contributed by atoms with Crippen molar-refractivity contribution in [2.45, 2.75) is 0 Å². The van der Waals surface area contributed by atoms with E-state index in [0.29, 0.717) is 15.6 Å². The van der Waals surface area contributed by atoms with Crippen molar-refractivity contribution >= 4 is 32.1 Å². The average molecular weight is 264 g/mol. The molecule has 1 rings (SSSR count). The second-order valence-electron chi connectivity index (χ2n) is 2.23. The van der Waals surface area contributed by atoms with E-state index in [2.05, 4.69) is 20.9 Å². The van der Waals surface area contributed by atoms with Gasteiger partial charge in [-0.1, -0.05) is 6.07 Å². The molecule has 0 atom stereocenters. The van der Waals surface area contributed by atoms with E-state index in [-0.39, 0.29) is 0 Å². The van der Waals surface area contributed by atoms with Gasteiger partial charge in [-0.05, 0) is 33.6 Å². The van der Waals surface area contributed by atoms with Crippen LogP contribution in [-0.2, 0) is 10.1 Å². The predicted octanol–water partition coefficient (Wildman–Crippen LogP) is 1.70. The van der Waals surface area contributed by atoms with E-state index >= 15 is 0 Å². The molecular weight excluding hydrogens is 258 g/mol. The molecule has 0 radical (unpaired) electrons. The van der Waals surface area contributed by atoms with E-state index in [9.17, 15) is 8.42 Å². The van der Waals surface area contributed by atoms with Crippen LogP contribution in [0.2, 0.25) is 0 Å².